The van der Waals surface area contributed by atoms with Crippen molar-refractivity contribution in [3.63, 3.8) is 0 Å². The maximum Gasteiger partial charge on any atom is 0.224 e. The molecule has 1 amide bonds. The SMILES string of the molecule is COC1CCC(N(C)C(=O)CC(N)c2ccccc2)CC1. The second-order valence-corrected chi connectivity index (χ2v) is 5.89. The summed E-state index contributed by atoms with van der Waals surface area (Å²) in [6, 6.07) is 9.91. The van der Waals surface area contributed by atoms with Crippen LogP contribution in [0.25, 0.3) is 0 Å². The van der Waals surface area contributed by atoms with Gasteiger partial charge in [0.25, 0.3) is 0 Å². The molecule has 0 aromatic heterocycles. The van der Waals surface area contributed by atoms with Crippen molar-refractivity contribution in [2.75, 3.05) is 14.2 Å². The Kier molecular flexibility index (Phi) is 5.76. The van der Waals surface area contributed by atoms with Crippen LogP contribution < -0.4 is 5.73 Å². The first kappa shape index (κ1) is 16.0. The summed E-state index contributed by atoms with van der Waals surface area (Å²) in [6.45, 7) is 0. The summed E-state index contributed by atoms with van der Waals surface area (Å²) in [5, 5.41) is 0. The minimum atomic E-state index is -0.225. The molecule has 4 heteroatoms. The van der Waals surface area contributed by atoms with Crippen molar-refractivity contribution in [2.24, 2.45) is 5.73 Å². The van der Waals surface area contributed by atoms with E-state index < -0.39 is 0 Å². The molecule has 1 aliphatic carbocycles. The first-order valence-electron chi connectivity index (χ1n) is 7.70. The minimum Gasteiger partial charge on any atom is -0.381 e. The number of benzene rings is 1. The molecule has 116 valence electrons. The van der Waals surface area contributed by atoms with E-state index in [0.717, 1.165) is 31.2 Å². The van der Waals surface area contributed by atoms with Gasteiger partial charge in [-0.25, -0.2) is 0 Å². The van der Waals surface area contributed by atoms with Crippen molar-refractivity contribution in [2.45, 2.75) is 50.3 Å². The molecule has 0 spiro atoms. The van der Waals surface area contributed by atoms with Gasteiger partial charge in [-0.2, -0.15) is 0 Å². The van der Waals surface area contributed by atoms with Crippen molar-refractivity contribution < 1.29 is 9.53 Å². The highest BCUT2D eigenvalue weighted by Gasteiger charge is 2.27. The zero-order chi connectivity index (χ0) is 15.2. The van der Waals surface area contributed by atoms with Gasteiger partial charge in [-0.3, -0.25) is 4.79 Å². The van der Waals surface area contributed by atoms with Crippen LogP contribution in [0.2, 0.25) is 0 Å². The average molecular weight is 290 g/mol. The Morgan fingerprint density at radius 1 is 1.29 bits per heavy atom. The zero-order valence-electron chi connectivity index (χ0n) is 13.0. The lowest BCUT2D eigenvalue weighted by Gasteiger charge is -2.34. The Morgan fingerprint density at radius 2 is 1.90 bits per heavy atom. The molecule has 2 rings (SSSR count). The summed E-state index contributed by atoms with van der Waals surface area (Å²) in [4.78, 5) is 14.3. The number of hydrogen-bond acceptors (Lipinski definition) is 3. The van der Waals surface area contributed by atoms with Crippen molar-refractivity contribution in [1.29, 1.82) is 0 Å². The van der Waals surface area contributed by atoms with Crippen LogP contribution in [-0.2, 0) is 9.53 Å². The molecule has 0 saturated heterocycles. The predicted octanol–water partition coefficient (Wildman–Crippen LogP) is 2.49. The van der Waals surface area contributed by atoms with Gasteiger partial charge >= 0.3 is 0 Å². The fraction of sp³-hybridized carbons (Fsp3) is 0.588. The molecule has 0 heterocycles. The van der Waals surface area contributed by atoms with Gasteiger partial charge < -0.3 is 15.4 Å². The van der Waals surface area contributed by atoms with E-state index >= 15 is 0 Å². The fourth-order valence-corrected chi connectivity index (χ4v) is 3.02. The molecule has 2 N–H and O–H groups in total. The molecule has 1 aromatic rings. The van der Waals surface area contributed by atoms with E-state index in [-0.39, 0.29) is 11.9 Å². The summed E-state index contributed by atoms with van der Waals surface area (Å²) in [6.07, 6.45) is 4.82. The lowest BCUT2D eigenvalue weighted by molar-refractivity contribution is -0.133. The molecular weight excluding hydrogens is 264 g/mol. The van der Waals surface area contributed by atoms with E-state index in [4.69, 9.17) is 10.5 Å². The summed E-state index contributed by atoms with van der Waals surface area (Å²) in [5.74, 6) is 0.132. The minimum absolute atomic E-state index is 0.132. The maximum atomic E-state index is 12.4. The second-order valence-electron chi connectivity index (χ2n) is 5.89. The van der Waals surface area contributed by atoms with E-state index in [1.165, 1.54) is 0 Å². The lowest BCUT2D eigenvalue weighted by atomic mass is 9.91. The smallest absolute Gasteiger partial charge is 0.224 e. The standard InChI is InChI=1S/C17H26N2O2/c1-19(14-8-10-15(21-2)11-9-14)17(20)12-16(18)13-6-4-3-5-7-13/h3-7,14-16H,8-12,18H2,1-2H3. The monoisotopic (exact) mass is 290 g/mol. The molecule has 0 bridgehead atoms. The van der Waals surface area contributed by atoms with Crippen LogP contribution in [-0.4, -0.2) is 37.1 Å². The number of carbonyl (C=O) groups excluding carboxylic acids is 1. The van der Waals surface area contributed by atoms with Crippen LogP contribution in [0.4, 0.5) is 0 Å². The number of nitrogens with two attached hydrogens (primary N) is 1. The van der Waals surface area contributed by atoms with E-state index in [2.05, 4.69) is 0 Å². The maximum absolute atomic E-state index is 12.4. The number of hydrogen-bond donors (Lipinski definition) is 1. The lowest BCUT2D eigenvalue weighted by Crippen LogP contribution is -2.41. The van der Waals surface area contributed by atoms with Gasteiger partial charge in [0.1, 0.15) is 0 Å². The average Bonchev–Trinajstić information content (AvgIpc) is 2.55. The Bertz CT molecular complexity index is 441. The molecule has 21 heavy (non-hydrogen) atoms. The normalized spacial score (nSPS) is 23.6. The summed E-state index contributed by atoms with van der Waals surface area (Å²) < 4.78 is 5.38. The Morgan fingerprint density at radius 3 is 2.48 bits per heavy atom. The topological polar surface area (TPSA) is 55.6 Å². The molecule has 1 aromatic carbocycles. The van der Waals surface area contributed by atoms with Gasteiger partial charge in [0.05, 0.1) is 6.10 Å². The van der Waals surface area contributed by atoms with Crippen molar-refractivity contribution >= 4 is 5.91 Å². The van der Waals surface area contributed by atoms with E-state index in [1.54, 1.807) is 7.11 Å². The highest BCUT2D eigenvalue weighted by molar-refractivity contribution is 5.77. The number of carbonyl (C=O) groups is 1. The summed E-state index contributed by atoms with van der Waals surface area (Å²) >= 11 is 0. The van der Waals surface area contributed by atoms with Crippen LogP contribution >= 0.6 is 0 Å². The van der Waals surface area contributed by atoms with Gasteiger partial charge in [0.2, 0.25) is 5.91 Å². The number of nitrogens with zero attached hydrogens (tertiary/aromatic N) is 1. The number of rotatable bonds is 5. The predicted molar refractivity (Wildman–Crippen MR) is 83.8 cm³/mol. The second kappa shape index (κ2) is 7.57. The van der Waals surface area contributed by atoms with E-state index in [0.29, 0.717) is 18.6 Å². The number of amides is 1. The van der Waals surface area contributed by atoms with E-state index in [1.807, 2.05) is 42.3 Å². The third-order valence-electron chi connectivity index (χ3n) is 4.54. The highest BCUT2D eigenvalue weighted by Crippen LogP contribution is 2.25. The third kappa shape index (κ3) is 4.29. The first-order valence-corrected chi connectivity index (χ1v) is 7.70. The molecular formula is C17H26N2O2. The van der Waals surface area contributed by atoms with Gasteiger partial charge in [0, 0.05) is 32.7 Å². The molecule has 0 radical (unpaired) electrons. The van der Waals surface area contributed by atoms with Crippen LogP contribution in [0.3, 0.4) is 0 Å². The van der Waals surface area contributed by atoms with Crippen LogP contribution in [0.1, 0.15) is 43.7 Å². The quantitative estimate of drug-likeness (QED) is 0.906. The van der Waals surface area contributed by atoms with E-state index in [9.17, 15) is 4.79 Å². The van der Waals surface area contributed by atoms with Crippen LogP contribution in [0.5, 0.6) is 0 Å². The molecule has 1 saturated carbocycles. The molecule has 4 nitrogen and oxygen atoms in total. The number of methoxy groups -OCH3 is 1. The van der Waals surface area contributed by atoms with Crippen LogP contribution in [0.15, 0.2) is 30.3 Å². The van der Waals surface area contributed by atoms with Crippen LogP contribution in [0, 0.1) is 0 Å². The molecule has 1 atom stereocenters. The zero-order valence-corrected chi connectivity index (χ0v) is 13.0. The molecule has 1 fully saturated rings. The Labute approximate surface area is 127 Å². The van der Waals surface area contributed by atoms with Crippen molar-refractivity contribution in [3.05, 3.63) is 35.9 Å². The molecule has 0 aliphatic heterocycles. The third-order valence-corrected chi connectivity index (χ3v) is 4.54. The molecule has 1 unspecified atom stereocenters. The number of ether oxygens (including phenoxy) is 1. The molecule has 1 aliphatic rings. The van der Waals surface area contributed by atoms with Gasteiger partial charge in [-0.05, 0) is 31.2 Å². The fourth-order valence-electron chi connectivity index (χ4n) is 3.02. The Hall–Kier alpha value is -1.39. The largest absolute Gasteiger partial charge is 0.381 e. The van der Waals surface area contributed by atoms with Gasteiger partial charge in [0.15, 0.2) is 0 Å². The highest BCUT2D eigenvalue weighted by atomic mass is 16.5. The van der Waals surface area contributed by atoms with Crippen molar-refractivity contribution in [1.82, 2.24) is 4.90 Å². The summed E-state index contributed by atoms with van der Waals surface area (Å²) in [5.41, 5.74) is 7.16. The summed E-state index contributed by atoms with van der Waals surface area (Å²) in [7, 11) is 3.66. The Balaban J connectivity index is 1.85. The first-order chi connectivity index (χ1) is 10.1. The van der Waals surface area contributed by atoms with Gasteiger partial charge in [-0.1, -0.05) is 30.3 Å². The van der Waals surface area contributed by atoms with Crippen molar-refractivity contribution in [3.8, 4) is 0 Å². The van der Waals surface area contributed by atoms with Gasteiger partial charge in [-0.15, -0.1) is 0 Å².